The second-order valence-electron chi connectivity index (χ2n) is 7.14. The van der Waals surface area contributed by atoms with Gasteiger partial charge in [0.25, 0.3) is 0 Å². The van der Waals surface area contributed by atoms with Crippen molar-refractivity contribution in [2.75, 3.05) is 20.2 Å². The van der Waals surface area contributed by atoms with Crippen molar-refractivity contribution in [2.24, 2.45) is 0 Å². The summed E-state index contributed by atoms with van der Waals surface area (Å²) in [6, 6.07) is 16.9. The van der Waals surface area contributed by atoms with Gasteiger partial charge in [-0.25, -0.2) is 0 Å². The molecule has 0 radical (unpaired) electrons. The lowest BCUT2D eigenvalue weighted by Crippen LogP contribution is -2.26. The summed E-state index contributed by atoms with van der Waals surface area (Å²) in [4.78, 5) is 15.2. The minimum absolute atomic E-state index is 0.165. The van der Waals surface area contributed by atoms with Gasteiger partial charge in [0, 0.05) is 18.8 Å². The SMILES string of the molecule is COC(=O)C1C(N2CCCC2)=Cc2c1c1ccccc1c1ccccc21. The smallest absolute Gasteiger partial charge is 0.319 e. The monoisotopic (exact) mass is 343 g/mol. The third kappa shape index (κ3) is 2.10. The molecule has 5 rings (SSSR count). The fourth-order valence-electron chi connectivity index (χ4n) is 4.65. The summed E-state index contributed by atoms with van der Waals surface area (Å²) in [5.74, 6) is -0.495. The molecule has 26 heavy (non-hydrogen) atoms. The number of likely N-dealkylation sites (tertiary alicyclic amines) is 1. The van der Waals surface area contributed by atoms with Crippen LogP contribution in [0.25, 0.3) is 27.6 Å². The van der Waals surface area contributed by atoms with Crippen molar-refractivity contribution in [1.29, 1.82) is 0 Å². The molecule has 0 spiro atoms. The second-order valence-corrected chi connectivity index (χ2v) is 7.14. The molecule has 1 aliphatic carbocycles. The van der Waals surface area contributed by atoms with Gasteiger partial charge in [0.2, 0.25) is 0 Å². The van der Waals surface area contributed by atoms with E-state index < -0.39 is 0 Å². The summed E-state index contributed by atoms with van der Waals surface area (Å²) in [6.07, 6.45) is 4.60. The van der Waals surface area contributed by atoms with Crippen LogP contribution in [0.3, 0.4) is 0 Å². The van der Waals surface area contributed by atoms with E-state index in [9.17, 15) is 4.79 Å². The third-order valence-corrected chi connectivity index (χ3v) is 5.80. The maximum Gasteiger partial charge on any atom is 0.319 e. The molecule has 3 nitrogen and oxygen atoms in total. The Labute approximate surface area is 152 Å². The molecule has 1 fully saturated rings. The van der Waals surface area contributed by atoms with Gasteiger partial charge in [0.05, 0.1) is 7.11 Å². The third-order valence-electron chi connectivity index (χ3n) is 5.80. The summed E-state index contributed by atoms with van der Waals surface area (Å²) in [7, 11) is 1.49. The molecule has 0 aromatic heterocycles. The van der Waals surface area contributed by atoms with E-state index in [2.05, 4.69) is 59.5 Å². The molecule has 130 valence electrons. The second kappa shape index (κ2) is 5.87. The molecule has 1 aliphatic heterocycles. The van der Waals surface area contributed by atoms with E-state index in [0.29, 0.717) is 0 Å². The first-order valence-electron chi connectivity index (χ1n) is 9.27. The van der Waals surface area contributed by atoms with Crippen LogP contribution in [0.15, 0.2) is 54.2 Å². The molecule has 1 atom stereocenters. The van der Waals surface area contributed by atoms with Gasteiger partial charge in [-0.1, -0.05) is 48.5 Å². The molecule has 2 aliphatic rings. The highest BCUT2D eigenvalue weighted by Crippen LogP contribution is 2.47. The fourth-order valence-corrected chi connectivity index (χ4v) is 4.65. The van der Waals surface area contributed by atoms with Crippen molar-refractivity contribution in [1.82, 2.24) is 4.90 Å². The zero-order valence-electron chi connectivity index (χ0n) is 14.9. The van der Waals surface area contributed by atoms with Crippen LogP contribution in [0.4, 0.5) is 0 Å². The highest BCUT2D eigenvalue weighted by atomic mass is 16.5. The molecule has 0 saturated carbocycles. The Morgan fingerprint density at radius 2 is 1.50 bits per heavy atom. The Hall–Kier alpha value is -2.81. The Morgan fingerprint density at radius 3 is 2.15 bits per heavy atom. The lowest BCUT2D eigenvalue weighted by molar-refractivity contribution is -0.141. The number of fused-ring (bicyclic) bond motifs is 6. The number of hydrogen-bond acceptors (Lipinski definition) is 3. The van der Waals surface area contributed by atoms with Crippen molar-refractivity contribution in [3.63, 3.8) is 0 Å². The van der Waals surface area contributed by atoms with Crippen molar-refractivity contribution in [2.45, 2.75) is 18.8 Å². The van der Waals surface area contributed by atoms with Crippen molar-refractivity contribution in [3.8, 4) is 0 Å². The summed E-state index contributed by atoms with van der Waals surface area (Å²) in [6.45, 7) is 2.03. The van der Waals surface area contributed by atoms with Crippen LogP contribution in [0.2, 0.25) is 0 Å². The van der Waals surface area contributed by atoms with Gasteiger partial charge in [0.15, 0.2) is 0 Å². The van der Waals surface area contributed by atoms with Crippen LogP contribution >= 0.6 is 0 Å². The molecular formula is C23H21NO2. The standard InChI is InChI=1S/C23H21NO2/c1-26-23(25)22-20(24-12-6-7-13-24)14-19-17-10-3-2-8-15(17)16-9-4-5-11-18(16)21(19)22/h2-5,8-11,14,22H,6-7,12-13H2,1H3. The van der Waals surface area contributed by atoms with Crippen molar-refractivity contribution in [3.05, 3.63) is 65.4 Å². The zero-order valence-corrected chi connectivity index (χ0v) is 14.9. The van der Waals surface area contributed by atoms with E-state index in [-0.39, 0.29) is 11.9 Å². The highest BCUT2D eigenvalue weighted by Gasteiger charge is 2.38. The Balaban J connectivity index is 1.87. The van der Waals surface area contributed by atoms with E-state index >= 15 is 0 Å². The first-order valence-corrected chi connectivity index (χ1v) is 9.27. The van der Waals surface area contributed by atoms with E-state index in [0.717, 1.165) is 29.7 Å². The van der Waals surface area contributed by atoms with E-state index in [1.54, 1.807) is 0 Å². The normalized spacial score (nSPS) is 19.0. The lowest BCUT2D eigenvalue weighted by Gasteiger charge is -2.25. The molecule has 3 aromatic carbocycles. The number of nitrogens with zero attached hydrogens (tertiary/aromatic N) is 1. The zero-order chi connectivity index (χ0) is 17.7. The molecule has 0 N–H and O–H groups in total. The van der Waals surface area contributed by atoms with Crippen molar-refractivity contribution >= 4 is 33.6 Å². The van der Waals surface area contributed by atoms with Gasteiger partial charge >= 0.3 is 5.97 Å². The number of carbonyl (C=O) groups excluding carboxylic acids is 1. The number of methoxy groups -OCH3 is 1. The average Bonchev–Trinajstić information content (AvgIpc) is 3.35. The summed E-state index contributed by atoms with van der Waals surface area (Å²) in [5, 5.41) is 4.81. The molecule has 1 saturated heterocycles. The van der Waals surface area contributed by atoms with Gasteiger partial charge in [-0.05, 0) is 51.6 Å². The van der Waals surface area contributed by atoms with Gasteiger partial charge in [0.1, 0.15) is 5.92 Å². The molecule has 0 amide bonds. The first kappa shape index (κ1) is 15.4. The number of ether oxygens (including phenoxy) is 1. The van der Waals surface area contributed by atoms with Gasteiger partial charge in [-0.2, -0.15) is 0 Å². The topological polar surface area (TPSA) is 29.5 Å². The fraction of sp³-hybridized carbons (Fsp3) is 0.261. The number of esters is 1. The van der Waals surface area contributed by atoms with Gasteiger partial charge in [-0.15, -0.1) is 0 Å². The molecule has 1 heterocycles. The quantitative estimate of drug-likeness (QED) is 0.499. The number of carbonyl (C=O) groups is 1. The minimum atomic E-state index is -0.331. The van der Waals surface area contributed by atoms with Crippen LogP contribution in [0, 0.1) is 0 Å². The summed E-state index contributed by atoms with van der Waals surface area (Å²) < 4.78 is 5.24. The van der Waals surface area contributed by atoms with Crippen LogP contribution in [0.1, 0.15) is 29.9 Å². The Morgan fingerprint density at radius 1 is 0.923 bits per heavy atom. The Bertz CT molecular complexity index is 1060. The van der Waals surface area contributed by atoms with Crippen LogP contribution < -0.4 is 0 Å². The van der Waals surface area contributed by atoms with Gasteiger partial charge < -0.3 is 9.64 Å². The number of hydrogen-bond donors (Lipinski definition) is 0. The molecule has 1 unspecified atom stereocenters. The van der Waals surface area contributed by atoms with Crippen LogP contribution in [-0.2, 0) is 9.53 Å². The molecule has 0 bridgehead atoms. The Kier molecular flexibility index (Phi) is 3.49. The molecule has 3 aromatic rings. The molecular weight excluding hydrogens is 322 g/mol. The highest BCUT2D eigenvalue weighted by molar-refractivity contribution is 6.15. The van der Waals surface area contributed by atoms with Crippen LogP contribution in [0.5, 0.6) is 0 Å². The summed E-state index contributed by atoms with van der Waals surface area (Å²) >= 11 is 0. The molecule has 3 heteroatoms. The van der Waals surface area contributed by atoms with Crippen LogP contribution in [-0.4, -0.2) is 31.1 Å². The number of rotatable bonds is 2. The predicted octanol–water partition coefficient (Wildman–Crippen LogP) is 4.70. The van der Waals surface area contributed by atoms with Gasteiger partial charge in [-0.3, -0.25) is 4.79 Å². The first-order chi connectivity index (χ1) is 12.8. The van der Waals surface area contributed by atoms with E-state index in [4.69, 9.17) is 4.74 Å². The maximum atomic E-state index is 12.8. The predicted molar refractivity (Wildman–Crippen MR) is 105 cm³/mol. The lowest BCUT2D eigenvalue weighted by atomic mass is 9.88. The van der Waals surface area contributed by atoms with Crippen molar-refractivity contribution < 1.29 is 9.53 Å². The minimum Gasteiger partial charge on any atom is -0.468 e. The van der Waals surface area contributed by atoms with E-state index in [1.807, 2.05) is 0 Å². The summed E-state index contributed by atoms with van der Waals surface area (Å²) in [5.41, 5.74) is 3.38. The average molecular weight is 343 g/mol. The maximum absolute atomic E-state index is 12.8. The van der Waals surface area contributed by atoms with E-state index in [1.165, 1.54) is 41.7 Å². The largest absolute Gasteiger partial charge is 0.468 e. The number of benzene rings is 3.